The number of nitrogens with zero attached hydrogens (tertiary/aromatic N) is 5. The van der Waals surface area contributed by atoms with E-state index in [0.29, 0.717) is 43.4 Å². The van der Waals surface area contributed by atoms with Gasteiger partial charge in [0.2, 0.25) is 11.9 Å². The minimum absolute atomic E-state index is 0.313. The van der Waals surface area contributed by atoms with Crippen molar-refractivity contribution in [3.8, 4) is 0 Å². The molecule has 0 aliphatic carbocycles. The molecule has 0 saturated heterocycles. The highest BCUT2D eigenvalue weighted by Gasteiger charge is 2.26. The van der Waals surface area contributed by atoms with Gasteiger partial charge in [-0.1, -0.05) is 6.92 Å². The van der Waals surface area contributed by atoms with Crippen LogP contribution >= 0.6 is 0 Å². The number of carbonyl (C=O) groups excluding carboxylic acids is 3. The summed E-state index contributed by atoms with van der Waals surface area (Å²) in [7, 11) is 1.52. The molecule has 0 unspecified atom stereocenters. The number of hydrogen-bond donors (Lipinski definition) is 4. The van der Waals surface area contributed by atoms with E-state index in [1.807, 2.05) is 31.2 Å². The van der Waals surface area contributed by atoms with Crippen LogP contribution in [0.2, 0.25) is 0 Å². The van der Waals surface area contributed by atoms with Gasteiger partial charge in [-0.05, 0) is 64.8 Å². The van der Waals surface area contributed by atoms with E-state index in [1.54, 1.807) is 33.9 Å². The molecule has 0 bridgehead atoms. The first-order chi connectivity index (χ1) is 19.5. The molecule has 0 fully saturated rings. The van der Waals surface area contributed by atoms with Gasteiger partial charge in [0.05, 0.1) is 11.7 Å². The molecule has 13 nitrogen and oxygen atoms in total. The predicted octanol–water partition coefficient (Wildman–Crippen LogP) is 3.48. The summed E-state index contributed by atoms with van der Waals surface area (Å²) in [4.78, 5) is 47.7. The van der Waals surface area contributed by atoms with Crippen LogP contribution in [0.15, 0.2) is 36.7 Å². The van der Waals surface area contributed by atoms with Crippen molar-refractivity contribution in [3.63, 3.8) is 0 Å². The van der Waals surface area contributed by atoms with Crippen LogP contribution in [0.4, 0.5) is 22.2 Å². The molecular formula is C28H39N9O4. The molecule has 3 rings (SSSR count). The Labute approximate surface area is 239 Å². The number of fused-ring (bicyclic) bond motifs is 1. The molecule has 41 heavy (non-hydrogen) atoms. The molecule has 2 aromatic heterocycles. The lowest BCUT2D eigenvalue weighted by Crippen LogP contribution is -2.47. The number of hydrogen-bond acceptors (Lipinski definition) is 10. The Morgan fingerprint density at radius 1 is 1.07 bits per heavy atom. The summed E-state index contributed by atoms with van der Waals surface area (Å²) in [6.07, 6.45) is 3.87. The third kappa shape index (κ3) is 9.26. The van der Waals surface area contributed by atoms with Crippen LogP contribution in [-0.4, -0.2) is 81.3 Å². The molecule has 0 radical (unpaired) electrons. The first-order valence-electron chi connectivity index (χ1n) is 13.6. The number of likely N-dealkylation sites (N-methyl/N-ethyl adjacent to an activating group) is 1. The van der Waals surface area contributed by atoms with Crippen molar-refractivity contribution >= 4 is 46.3 Å². The van der Waals surface area contributed by atoms with Gasteiger partial charge in [0.25, 0.3) is 5.91 Å². The van der Waals surface area contributed by atoms with Crippen molar-refractivity contribution in [1.29, 1.82) is 0 Å². The molecule has 1 aromatic carbocycles. The summed E-state index contributed by atoms with van der Waals surface area (Å²) >= 11 is 0. The van der Waals surface area contributed by atoms with Gasteiger partial charge >= 0.3 is 6.09 Å². The molecule has 220 valence electrons. The first kappa shape index (κ1) is 31.0. The Morgan fingerprint density at radius 2 is 1.83 bits per heavy atom. The maximum absolute atomic E-state index is 12.9. The zero-order chi connectivity index (χ0) is 30.0. The van der Waals surface area contributed by atoms with Crippen LogP contribution in [0.1, 0.15) is 57.8 Å². The summed E-state index contributed by atoms with van der Waals surface area (Å²) in [6, 6.07) is 6.78. The van der Waals surface area contributed by atoms with E-state index in [1.165, 1.54) is 18.1 Å². The fourth-order valence-electron chi connectivity index (χ4n) is 3.59. The van der Waals surface area contributed by atoms with Gasteiger partial charge < -0.3 is 26.0 Å². The normalized spacial score (nSPS) is 11.9. The van der Waals surface area contributed by atoms with Crippen molar-refractivity contribution in [3.05, 3.63) is 42.2 Å². The van der Waals surface area contributed by atoms with Crippen molar-refractivity contribution in [2.24, 2.45) is 0 Å². The third-order valence-electron chi connectivity index (χ3n) is 5.93. The summed E-state index contributed by atoms with van der Waals surface area (Å²) in [6.45, 7) is 10.2. The molecule has 0 aliphatic rings. The van der Waals surface area contributed by atoms with Crippen LogP contribution in [0.5, 0.6) is 0 Å². The highest BCUT2D eigenvalue weighted by molar-refractivity contribution is 5.98. The maximum Gasteiger partial charge on any atom is 0.410 e. The molecular weight excluding hydrogens is 526 g/mol. The molecule has 1 atom stereocenters. The average Bonchev–Trinajstić information content (AvgIpc) is 2.94. The predicted molar refractivity (Wildman–Crippen MR) is 157 cm³/mol. The second-order valence-corrected chi connectivity index (χ2v) is 10.5. The van der Waals surface area contributed by atoms with E-state index in [4.69, 9.17) is 4.74 Å². The molecule has 0 saturated carbocycles. The molecule has 3 amide bonds. The number of carbonyl (C=O) groups is 3. The fraction of sp³-hybridized carbons (Fsp3) is 0.464. The van der Waals surface area contributed by atoms with Gasteiger partial charge in [-0.15, -0.1) is 0 Å². The van der Waals surface area contributed by atoms with Crippen LogP contribution in [0, 0.1) is 0 Å². The fourth-order valence-corrected chi connectivity index (χ4v) is 3.59. The monoisotopic (exact) mass is 565 g/mol. The van der Waals surface area contributed by atoms with Crippen LogP contribution in [0.25, 0.3) is 10.9 Å². The average molecular weight is 566 g/mol. The van der Waals surface area contributed by atoms with Crippen molar-refractivity contribution < 1.29 is 19.1 Å². The number of amides is 3. The van der Waals surface area contributed by atoms with Gasteiger partial charge in [0.1, 0.15) is 23.0 Å². The zero-order valence-corrected chi connectivity index (χ0v) is 24.4. The van der Waals surface area contributed by atoms with E-state index >= 15 is 0 Å². The Balaban J connectivity index is 1.52. The van der Waals surface area contributed by atoms with Crippen molar-refractivity contribution in [2.75, 3.05) is 37.3 Å². The maximum atomic E-state index is 12.9. The number of rotatable bonds is 12. The van der Waals surface area contributed by atoms with Gasteiger partial charge in [-0.2, -0.15) is 15.2 Å². The summed E-state index contributed by atoms with van der Waals surface area (Å²) < 4.78 is 5.30. The van der Waals surface area contributed by atoms with Crippen LogP contribution in [0.3, 0.4) is 0 Å². The molecule has 0 aliphatic heterocycles. The largest absolute Gasteiger partial charge is 0.444 e. The second-order valence-electron chi connectivity index (χ2n) is 10.5. The van der Waals surface area contributed by atoms with E-state index in [9.17, 15) is 14.4 Å². The third-order valence-corrected chi connectivity index (χ3v) is 5.93. The van der Waals surface area contributed by atoms with Crippen LogP contribution in [-0.2, 0) is 9.53 Å². The summed E-state index contributed by atoms with van der Waals surface area (Å²) in [5.74, 6) is 0.117. The van der Waals surface area contributed by atoms with Gasteiger partial charge in [-0.3, -0.25) is 14.5 Å². The topological polar surface area (TPSA) is 163 Å². The van der Waals surface area contributed by atoms with Crippen molar-refractivity contribution in [2.45, 2.75) is 59.1 Å². The second kappa shape index (κ2) is 14.2. The Hall–Kier alpha value is -4.55. The highest BCUT2D eigenvalue weighted by atomic mass is 16.6. The summed E-state index contributed by atoms with van der Waals surface area (Å²) in [5, 5.41) is 20.9. The number of benzene rings is 1. The van der Waals surface area contributed by atoms with Gasteiger partial charge in [0.15, 0.2) is 0 Å². The first-order valence-corrected chi connectivity index (χ1v) is 13.6. The Morgan fingerprint density at radius 3 is 2.56 bits per heavy atom. The number of anilines is 3. The van der Waals surface area contributed by atoms with Crippen molar-refractivity contribution in [1.82, 2.24) is 35.7 Å². The zero-order valence-electron chi connectivity index (χ0n) is 24.4. The minimum Gasteiger partial charge on any atom is -0.444 e. The number of aromatic nitrogens is 4. The van der Waals surface area contributed by atoms with E-state index in [0.717, 1.165) is 23.0 Å². The Kier molecular flexibility index (Phi) is 10.7. The smallest absolute Gasteiger partial charge is 0.410 e. The lowest BCUT2D eigenvalue weighted by atomic mass is 10.2. The van der Waals surface area contributed by atoms with E-state index < -0.39 is 17.7 Å². The van der Waals surface area contributed by atoms with Gasteiger partial charge in [0, 0.05) is 44.0 Å². The van der Waals surface area contributed by atoms with Crippen LogP contribution < -0.4 is 21.3 Å². The molecule has 4 N–H and O–H groups in total. The molecule has 3 aromatic rings. The molecule has 0 spiro atoms. The Bertz CT molecular complexity index is 1360. The van der Waals surface area contributed by atoms with E-state index in [2.05, 4.69) is 41.4 Å². The standard InChI is InChI=1S/C28H39N9O4/c1-7-12-29-23-21(17-32-26(35-23)34-20-9-10-22-19(16-20)11-15-33-36-22)25(39)31-14-8-13-30-24(38)18(2)37(6)27(40)41-28(3,4)5/h9-11,15-18H,7-8,12-14H2,1-6H3,(H,30,38)(H,31,39)(H2,29,32,34,35)/t18-/m0/s1. The number of ether oxygens (including phenoxy) is 1. The molecule has 2 heterocycles. The lowest BCUT2D eigenvalue weighted by molar-refractivity contribution is -0.125. The number of nitrogens with one attached hydrogen (secondary N) is 4. The van der Waals surface area contributed by atoms with Gasteiger partial charge in [-0.25, -0.2) is 9.78 Å². The minimum atomic E-state index is -0.709. The highest BCUT2D eigenvalue weighted by Crippen LogP contribution is 2.21. The SMILES string of the molecule is CCCNc1nc(Nc2ccc3nnccc3c2)ncc1C(=O)NCCCNC(=O)[C@H](C)N(C)C(=O)OC(C)(C)C. The molecule has 13 heteroatoms. The van der Waals surface area contributed by atoms with E-state index in [-0.39, 0.29) is 11.8 Å². The lowest BCUT2D eigenvalue weighted by Gasteiger charge is -2.28. The quantitative estimate of drug-likeness (QED) is 0.239. The summed E-state index contributed by atoms with van der Waals surface area (Å²) in [5.41, 5.74) is 1.21.